The van der Waals surface area contributed by atoms with E-state index in [1.54, 1.807) is 11.3 Å². The molecule has 1 aromatic heterocycles. The number of aromatic nitrogens is 1. The zero-order valence-corrected chi connectivity index (χ0v) is 20.0. The summed E-state index contributed by atoms with van der Waals surface area (Å²) in [5.74, 6) is -1.35. The molecular formula is C25H27F2N5O2S. The Morgan fingerprint density at radius 3 is 2.57 bits per heavy atom. The first-order valence-electron chi connectivity index (χ1n) is 11.8. The molecule has 10 heteroatoms. The molecule has 35 heavy (non-hydrogen) atoms. The van der Waals surface area contributed by atoms with Gasteiger partial charge in [-0.25, -0.2) is 18.6 Å². The molecule has 0 atom stereocenters. The lowest BCUT2D eigenvalue weighted by Crippen LogP contribution is -2.36. The number of benzene rings is 2. The van der Waals surface area contributed by atoms with Crippen molar-refractivity contribution in [3.05, 3.63) is 53.6 Å². The molecular weight excluding hydrogens is 472 g/mol. The van der Waals surface area contributed by atoms with Crippen LogP contribution in [0.5, 0.6) is 0 Å². The van der Waals surface area contributed by atoms with E-state index in [9.17, 15) is 13.6 Å². The quantitative estimate of drug-likeness (QED) is 0.436. The molecule has 2 aliphatic rings. The number of piperidine rings is 1. The Balaban J connectivity index is 1.11. The van der Waals surface area contributed by atoms with Gasteiger partial charge in [0, 0.05) is 32.0 Å². The van der Waals surface area contributed by atoms with Gasteiger partial charge in [-0.15, -0.1) is 0 Å². The summed E-state index contributed by atoms with van der Waals surface area (Å²) >= 11 is 1.72. The van der Waals surface area contributed by atoms with E-state index in [1.807, 2.05) is 18.2 Å². The third-order valence-electron chi connectivity index (χ3n) is 6.67. The summed E-state index contributed by atoms with van der Waals surface area (Å²) in [5.41, 5.74) is 7.07. The number of primary amides is 1. The molecule has 7 nitrogen and oxygen atoms in total. The van der Waals surface area contributed by atoms with Gasteiger partial charge in [-0.05, 0) is 55.4 Å². The SMILES string of the molecule is NC(=O)Nc1cc(F)c(C2CCC(=NOC3CCN(c4nc5ccccc5s4)CC3)CC2)cc1F. The van der Waals surface area contributed by atoms with Gasteiger partial charge in [0.2, 0.25) is 0 Å². The van der Waals surface area contributed by atoms with Crippen LogP contribution in [-0.2, 0) is 4.84 Å². The minimum Gasteiger partial charge on any atom is -0.392 e. The predicted octanol–water partition coefficient (Wildman–Crippen LogP) is 5.76. The molecule has 3 aromatic rings. The lowest BCUT2D eigenvalue weighted by molar-refractivity contribution is 0.0408. The van der Waals surface area contributed by atoms with Crippen LogP contribution in [0.25, 0.3) is 10.2 Å². The van der Waals surface area contributed by atoms with Crippen LogP contribution in [0.15, 0.2) is 41.6 Å². The predicted molar refractivity (Wildman–Crippen MR) is 134 cm³/mol. The number of halogens is 2. The van der Waals surface area contributed by atoms with Gasteiger partial charge in [-0.3, -0.25) is 0 Å². The van der Waals surface area contributed by atoms with Crippen molar-refractivity contribution in [3.63, 3.8) is 0 Å². The number of carbonyl (C=O) groups is 1. The molecule has 0 bridgehead atoms. The number of carbonyl (C=O) groups excluding carboxylic acids is 1. The molecule has 0 radical (unpaired) electrons. The molecule has 2 fully saturated rings. The Labute approximate surface area is 206 Å². The Morgan fingerprint density at radius 2 is 1.86 bits per heavy atom. The van der Waals surface area contributed by atoms with Crippen molar-refractivity contribution in [1.29, 1.82) is 0 Å². The van der Waals surface area contributed by atoms with E-state index in [1.165, 1.54) is 4.70 Å². The van der Waals surface area contributed by atoms with E-state index in [0.717, 1.165) is 54.4 Å². The van der Waals surface area contributed by atoms with E-state index in [2.05, 4.69) is 21.4 Å². The largest absolute Gasteiger partial charge is 0.392 e. The van der Waals surface area contributed by atoms with Gasteiger partial charge in [-0.2, -0.15) is 0 Å². The number of anilines is 2. The summed E-state index contributed by atoms with van der Waals surface area (Å²) in [7, 11) is 0. The molecule has 1 aliphatic heterocycles. The second-order valence-electron chi connectivity index (χ2n) is 9.03. The van der Waals surface area contributed by atoms with Gasteiger partial charge in [0.05, 0.1) is 21.6 Å². The van der Waals surface area contributed by atoms with Crippen molar-refractivity contribution in [2.45, 2.75) is 50.5 Å². The summed E-state index contributed by atoms with van der Waals surface area (Å²) in [6, 6.07) is 9.39. The number of oxime groups is 1. The van der Waals surface area contributed by atoms with Gasteiger partial charge in [-0.1, -0.05) is 28.6 Å². The van der Waals surface area contributed by atoms with Gasteiger partial charge in [0.15, 0.2) is 5.13 Å². The minimum absolute atomic E-state index is 0.0719. The Bertz CT molecular complexity index is 1210. The molecule has 2 amide bonds. The number of para-hydroxylation sites is 1. The smallest absolute Gasteiger partial charge is 0.316 e. The fourth-order valence-corrected chi connectivity index (χ4v) is 5.77. The summed E-state index contributed by atoms with van der Waals surface area (Å²) in [4.78, 5) is 23.8. The maximum Gasteiger partial charge on any atom is 0.316 e. The second kappa shape index (κ2) is 10.2. The highest BCUT2D eigenvalue weighted by Crippen LogP contribution is 2.35. The summed E-state index contributed by atoms with van der Waals surface area (Å²) < 4.78 is 30.0. The Morgan fingerprint density at radius 1 is 1.11 bits per heavy atom. The van der Waals surface area contributed by atoms with Crippen LogP contribution in [0.2, 0.25) is 0 Å². The third kappa shape index (κ3) is 5.37. The van der Waals surface area contributed by atoms with Gasteiger partial charge in [0.25, 0.3) is 0 Å². The maximum atomic E-state index is 14.5. The van der Waals surface area contributed by atoms with Crippen molar-refractivity contribution in [1.82, 2.24) is 4.98 Å². The Hall–Kier alpha value is -3.27. The van der Waals surface area contributed by atoms with Crippen LogP contribution in [0.4, 0.5) is 24.4 Å². The van der Waals surface area contributed by atoms with Crippen molar-refractivity contribution < 1.29 is 18.4 Å². The number of rotatable bonds is 5. The van der Waals surface area contributed by atoms with Crippen LogP contribution >= 0.6 is 11.3 Å². The number of hydrogen-bond donors (Lipinski definition) is 2. The molecule has 2 heterocycles. The highest BCUT2D eigenvalue weighted by molar-refractivity contribution is 7.22. The van der Waals surface area contributed by atoms with Gasteiger partial charge < -0.3 is 20.8 Å². The number of urea groups is 1. The summed E-state index contributed by atoms with van der Waals surface area (Å²) in [6.07, 6.45) is 4.52. The first-order chi connectivity index (χ1) is 17.0. The first-order valence-corrected chi connectivity index (χ1v) is 12.7. The first kappa shape index (κ1) is 23.5. The van der Waals surface area contributed by atoms with E-state index >= 15 is 0 Å². The number of nitrogens with two attached hydrogens (primary N) is 1. The van der Waals surface area contributed by atoms with E-state index in [0.29, 0.717) is 31.2 Å². The lowest BCUT2D eigenvalue weighted by Gasteiger charge is -2.30. The fourth-order valence-electron chi connectivity index (χ4n) is 4.75. The molecule has 5 rings (SSSR count). The average Bonchev–Trinajstić information content (AvgIpc) is 3.30. The number of thiazole rings is 1. The van der Waals surface area contributed by atoms with Crippen LogP contribution in [0, 0.1) is 11.6 Å². The van der Waals surface area contributed by atoms with Gasteiger partial charge >= 0.3 is 6.03 Å². The molecule has 1 aliphatic carbocycles. The number of nitrogens with one attached hydrogen (secondary N) is 1. The zero-order valence-electron chi connectivity index (χ0n) is 19.2. The number of nitrogens with zero attached hydrogens (tertiary/aromatic N) is 3. The molecule has 0 unspecified atom stereocenters. The molecule has 3 N–H and O–H groups in total. The van der Waals surface area contributed by atoms with E-state index < -0.39 is 17.7 Å². The lowest BCUT2D eigenvalue weighted by atomic mass is 9.83. The summed E-state index contributed by atoms with van der Waals surface area (Å²) in [5, 5.41) is 7.56. The standard InChI is InChI=1S/C25H27F2N5O2S/c26-19-14-22(29-24(28)33)20(27)13-18(19)15-5-7-16(8-6-15)31-34-17-9-11-32(12-10-17)25-30-21-3-1-2-4-23(21)35-25/h1-4,13-15,17H,5-12H2,(H3,28,29,33). The number of hydrogen-bond acceptors (Lipinski definition) is 6. The highest BCUT2D eigenvalue weighted by Gasteiger charge is 2.26. The number of fused-ring (bicyclic) bond motifs is 1. The minimum atomic E-state index is -0.933. The van der Waals surface area contributed by atoms with E-state index in [4.69, 9.17) is 15.6 Å². The maximum absolute atomic E-state index is 14.5. The molecule has 1 saturated heterocycles. The van der Waals surface area contributed by atoms with Crippen LogP contribution < -0.4 is 16.0 Å². The van der Waals surface area contributed by atoms with Crippen molar-refractivity contribution in [2.75, 3.05) is 23.3 Å². The highest BCUT2D eigenvalue weighted by atomic mass is 32.1. The summed E-state index contributed by atoms with van der Waals surface area (Å²) in [6.45, 7) is 1.76. The topological polar surface area (TPSA) is 92.8 Å². The van der Waals surface area contributed by atoms with E-state index in [-0.39, 0.29) is 17.7 Å². The molecule has 184 valence electrons. The Kier molecular flexibility index (Phi) is 6.81. The molecule has 1 saturated carbocycles. The zero-order chi connectivity index (χ0) is 24.4. The van der Waals surface area contributed by atoms with Crippen LogP contribution in [-0.4, -0.2) is 35.9 Å². The van der Waals surface area contributed by atoms with Crippen molar-refractivity contribution in [3.8, 4) is 0 Å². The van der Waals surface area contributed by atoms with Crippen molar-refractivity contribution in [2.24, 2.45) is 10.9 Å². The average molecular weight is 500 g/mol. The monoisotopic (exact) mass is 499 g/mol. The fraction of sp³-hybridized carbons (Fsp3) is 0.400. The van der Waals surface area contributed by atoms with Gasteiger partial charge in [0.1, 0.15) is 17.7 Å². The van der Waals surface area contributed by atoms with Crippen LogP contribution in [0.1, 0.15) is 50.0 Å². The van der Waals surface area contributed by atoms with Crippen molar-refractivity contribution >= 4 is 44.1 Å². The molecule has 2 aromatic carbocycles. The third-order valence-corrected chi connectivity index (χ3v) is 7.77. The number of amides is 2. The normalized spacial score (nSPS) is 19.1. The second-order valence-corrected chi connectivity index (χ2v) is 10.0. The molecule has 0 spiro atoms. The van der Waals surface area contributed by atoms with Crippen LogP contribution in [0.3, 0.4) is 0 Å².